The molecule has 2 heterocycles. The summed E-state index contributed by atoms with van der Waals surface area (Å²) in [6, 6.07) is 6.87. The van der Waals surface area contributed by atoms with Gasteiger partial charge in [0.15, 0.2) is 12.0 Å². The van der Waals surface area contributed by atoms with E-state index >= 15 is 0 Å². The van der Waals surface area contributed by atoms with E-state index in [4.69, 9.17) is 10.3 Å². The lowest BCUT2D eigenvalue weighted by Gasteiger charge is -2.23. The predicted octanol–water partition coefficient (Wildman–Crippen LogP) is 1.15. The van der Waals surface area contributed by atoms with Crippen molar-refractivity contribution in [3.8, 4) is 11.9 Å². The van der Waals surface area contributed by atoms with Gasteiger partial charge >= 0.3 is 0 Å². The number of nitrogens with zero attached hydrogens (tertiary/aromatic N) is 3. The molecule has 3 rings (SSSR count). The summed E-state index contributed by atoms with van der Waals surface area (Å²) in [4.78, 5) is 9.28. The van der Waals surface area contributed by atoms with Crippen molar-refractivity contribution in [1.29, 1.82) is 5.26 Å². The Balaban J connectivity index is 2.09. The van der Waals surface area contributed by atoms with E-state index in [0.717, 1.165) is 23.4 Å². The fourth-order valence-corrected chi connectivity index (χ4v) is 2.57. The molecule has 0 aliphatic carbocycles. The highest BCUT2D eigenvalue weighted by molar-refractivity contribution is 6.08. The van der Waals surface area contributed by atoms with Crippen LogP contribution in [0.1, 0.15) is 25.8 Å². The van der Waals surface area contributed by atoms with E-state index in [0.29, 0.717) is 18.1 Å². The van der Waals surface area contributed by atoms with Gasteiger partial charge in [0.05, 0.1) is 23.5 Å². The second-order valence-electron chi connectivity index (χ2n) is 5.67. The zero-order chi connectivity index (χ0) is 16.4. The van der Waals surface area contributed by atoms with Gasteiger partial charge in [0.25, 0.3) is 0 Å². The van der Waals surface area contributed by atoms with Crippen molar-refractivity contribution in [1.82, 2.24) is 16.2 Å². The van der Waals surface area contributed by atoms with Gasteiger partial charge in [-0.1, -0.05) is 6.92 Å². The summed E-state index contributed by atoms with van der Waals surface area (Å²) in [5.41, 5.74) is 9.17. The first kappa shape index (κ1) is 15.1. The normalized spacial score (nSPS) is 23.2. The number of rotatable bonds is 2. The minimum atomic E-state index is -0.347. The first-order valence-corrected chi connectivity index (χ1v) is 7.42. The molecule has 0 aromatic heterocycles. The van der Waals surface area contributed by atoms with Crippen molar-refractivity contribution < 1.29 is 5.11 Å². The van der Waals surface area contributed by atoms with Crippen LogP contribution in [0.4, 0.5) is 0 Å². The predicted molar refractivity (Wildman–Crippen MR) is 87.7 cm³/mol. The van der Waals surface area contributed by atoms with E-state index in [2.05, 4.69) is 35.0 Å². The molecule has 1 unspecified atom stereocenters. The number of aliphatic imine (C=N–C) groups is 2. The van der Waals surface area contributed by atoms with Crippen molar-refractivity contribution >= 4 is 11.5 Å². The van der Waals surface area contributed by atoms with Crippen LogP contribution in [0.5, 0.6) is 5.75 Å². The van der Waals surface area contributed by atoms with Gasteiger partial charge in [0.1, 0.15) is 11.4 Å². The first-order valence-electron chi connectivity index (χ1n) is 7.42. The second kappa shape index (κ2) is 5.74. The SMILES string of the molecule is CCC1(C)NNC2=C1N=C(c1ccc(O)cc1)CN=C2NC#N. The minimum Gasteiger partial charge on any atom is -0.508 e. The molecule has 0 spiro atoms. The van der Waals surface area contributed by atoms with Gasteiger partial charge in [-0.25, -0.2) is 5.43 Å². The zero-order valence-electron chi connectivity index (χ0n) is 13.0. The average molecular weight is 310 g/mol. The number of nitriles is 1. The second-order valence-corrected chi connectivity index (χ2v) is 5.67. The van der Waals surface area contributed by atoms with Gasteiger partial charge in [-0.05, 0) is 43.2 Å². The lowest BCUT2D eigenvalue weighted by atomic mass is 9.95. The Morgan fingerprint density at radius 3 is 2.78 bits per heavy atom. The number of aromatic hydroxyl groups is 1. The molecule has 7 nitrogen and oxygen atoms in total. The molecule has 0 saturated carbocycles. The van der Waals surface area contributed by atoms with Crippen LogP contribution in [0.3, 0.4) is 0 Å². The Hall–Kier alpha value is -2.85. The summed E-state index contributed by atoms with van der Waals surface area (Å²) in [5.74, 6) is 0.686. The topological polar surface area (TPSA) is 105 Å². The van der Waals surface area contributed by atoms with Crippen LogP contribution in [-0.4, -0.2) is 28.7 Å². The number of benzene rings is 1. The Morgan fingerprint density at radius 2 is 2.13 bits per heavy atom. The summed E-state index contributed by atoms with van der Waals surface area (Å²) in [5, 5.41) is 21.0. The fourth-order valence-electron chi connectivity index (χ4n) is 2.57. The molecule has 0 amide bonds. The highest BCUT2D eigenvalue weighted by atomic mass is 16.3. The van der Waals surface area contributed by atoms with Crippen LogP contribution in [0, 0.1) is 11.5 Å². The largest absolute Gasteiger partial charge is 0.508 e. The van der Waals surface area contributed by atoms with Gasteiger partial charge in [-0.3, -0.25) is 15.3 Å². The molecule has 1 aromatic rings. The first-order chi connectivity index (χ1) is 11.1. The smallest absolute Gasteiger partial charge is 0.182 e. The van der Waals surface area contributed by atoms with Gasteiger partial charge in [-0.2, -0.15) is 5.26 Å². The summed E-state index contributed by atoms with van der Waals surface area (Å²) < 4.78 is 0. The highest BCUT2D eigenvalue weighted by Gasteiger charge is 2.38. The molecular weight excluding hydrogens is 292 g/mol. The van der Waals surface area contributed by atoms with Crippen molar-refractivity contribution in [3.63, 3.8) is 0 Å². The van der Waals surface area contributed by atoms with Gasteiger partial charge in [0, 0.05) is 0 Å². The molecule has 0 saturated heterocycles. The molecule has 2 aliphatic rings. The Bertz CT molecular complexity index is 756. The molecule has 118 valence electrons. The molecule has 2 aliphatic heterocycles. The van der Waals surface area contributed by atoms with E-state index in [9.17, 15) is 5.11 Å². The summed E-state index contributed by atoms with van der Waals surface area (Å²) in [6.45, 7) is 4.47. The number of hydrazine groups is 1. The maximum Gasteiger partial charge on any atom is 0.182 e. The number of hydrogen-bond donors (Lipinski definition) is 4. The van der Waals surface area contributed by atoms with Crippen LogP contribution in [0.25, 0.3) is 0 Å². The number of amidine groups is 1. The van der Waals surface area contributed by atoms with Crippen molar-refractivity contribution in [2.45, 2.75) is 25.8 Å². The van der Waals surface area contributed by atoms with Gasteiger partial charge < -0.3 is 10.5 Å². The van der Waals surface area contributed by atoms with Crippen LogP contribution in [0.15, 0.2) is 45.6 Å². The summed E-state index contributed by atoms with van der Waals surface area (Å²) in [6.07, 6.45) is 2.74. The summed E-state index contributed by atoms with van der Waals surface area (Å²) in [7, 11) is 0. The zero-order valence-corrected chi connectivity index (χ0v) is 13.0. The third-order valence-corrected chi connectivity index (χ3v) is 4.18. The molecule has 0 bridgehead atoms. The maximum atomic E-state index is 9.45. The van der Waals surface area contributed by atoms with Crippen molar-refractivity contribution in [2.75, 3.05) is 6.54 Å². The van der Waals surface area contributed by atoms with Gasteiger partial charge in [-0.15, -0.1) is 0 Å². The number of hydrogen-bond acceptors (Lipinski definition) is 7. The monoisotopic (exact) mass is 310 g/mol. The molecule has 7 heteroatoms. The minimum absolute atomic E-state index is 0.209. The fraction of sp³-hybridized carbons (Fsp3) is 0.312. The Labute approximate surface area is 134 Å². The Kier molecular flexibility index (Phi) is 3.76. The molecule has 23 heavy (non-hydrogen) atoms. The maximum absolute atomic E-state index is 9.45. The molecular formula is C16H18N6O. The highest BCUT2D eigenvalue weighted by Crippen LogP contribution is 2.30. The van der Waals surface area contributed by atoms with E-state index in [1.54, 1.807) is 12.1 Å². The van der Waals surface area contributed by atoms with E-state index < -0.39 is 0 Å². The quantitative estimate of drug-likeness (QED) is 0.484. The third kappa shape index (κ3) is 2.64. The third-order valence-electron chi connectivity index (χ3n) is 4.18. The molecule has 1 aromatic carbocycles. The van der Waals surface area contributed by atoms with Crippen molar-refractivity contribution in [2.24, 2.45) is 9.98 Å². The lowest BCUT2D eigenvalue weighted by Crippen LogP contribution is -2.44. The Morgan fingerprint density at radius 1 is 1.39 bits per heavy atom. The molecule has 0 radical (unpaired) electrons. The van der Waals surface area contributed by atoms with Crippen molar-refractivity contribution in [3.05, 3.63) is 41.2 Å². The van der Waals surface area contributed by atoms with Crippen LogP contribution in [-0.2, 0) is 0 Å². The lowest BCUT2D eigenvalue weighted by molar-refractivity contribution is 0.403. The average Bonchev–Trinajstić information content (AvgIpc) is 2.76. The molecule has 1 atom stereocenters. The van der Waals surface area contributed by atoms with E-state index in [1.807, 2.05) is 18.3 Å². The number of nitrogens with one attached hydrogen (secondary N) is 3. The van der Waals surface area contributed by atoms with Crippen LogP contribution < -0.4 is 16.2 Å². The molecule has 4 N–H and O–H groups in total. The number of phenolic OH excluding ortho intramolecular Hbond substituents is 1. The van der Waals surface area contributed by atoms with Crippen LogP contribution in [0.2, 0.25) is 0 Å². The van der Waals surface area contributed by atoms with Crippen LogP contribution >= 0.6 is 0 Å². The van der Waals surface area contributed by atoms with Gasteiger partial charge in [0.2, 0.25) is 0 Å². The van der Waals surface area contributed by atoms with E-state index in [1.165, 1.54) is 0 Å². The summed E-state index contributed by atoms with van der Waals surface area (Å²) >= 11 is 0. The molecule has 0 fully saturated rings. The number of phenols is 1. The standard InChI is InChI=1S/C16H18N6O/c1-3-16(2)14-13(21-22-16)15(19-9-17)18-8-12(20-14)10-4-6-11(23)7-5-10/h4-7,21-23H,3,8H2,1-2H3,(H,18,19). The van der Waals surface area contributed by atoms with E-state index in [-0.39, 0.29) is 11.3 Å².